The maximum atomic E-state index is 12.6. The first-order chi connectivity index (χ1) is 7.16. The Morgan fingerprint density at radius 3 is 2.73 bits per heavy atom. The summed E-state index contributed by atoms with van der Waals surface area (Å²) in [5.41, 5.74) is 0. The quantitative estimate of drug-likeness (QED) is 0.747. The molecule has 2 heterocycles. The van der Waals surface area contributed by atoms with Gasteiger partial charge in [-0.3, -0.25) is 0 Å². The molecule has 1 saturated heterocycles. The fourth-order valence-corrected chi connectivity index (χ4v) is 1.70. The molecule has 1 aromatic heterocycles. The molecule has 1 N–H and O–H groups in total. The van der Waals surface area contributed by atoms with Crippen molar-refractivity contribution >= 4 is 5.95 Å². The molecular formula is C10H14FN3O. The molecule has 4 nitrogen and oxygen atoms in total. The van der Waals surface area contributed by atoms with Gasteiger partial charge in [-0.15, -0.1) is 0 Å². The second kappa shape index (κ2) is 4.10. The van der Waals surface area contributed by atoms with E-state index in [-0.39, 0.29) is 6.10 Å². The summed E-state index contributed by atoms with van der Waals surface area (Å²) in [6.07, 6.45) is 2.84. The summed E-state index contributed by atoms with van der Waals surface area (Å²) in [6, 6.07) is 0. The van der Waals surface area contributed by atoms with Crippen LogP contribution in [0.5, 0.6) is 0 Å². The van der Waals surface area contributed by atoms with Crippen LogP contribution in [-0.4, -0.2) is 34.3 Å². The molecule has 2 unspecified atom stereocenters. The van der Waals surface area contributed by atoms with Crippen LogP contribution in [0.15, 0.2) is 12.4 Å². The van der Waals surface area contributed by atoms with E-state index in [9.17, 15) is 9.50 Å². The van der Waals surface area contributed by atoms with Gasteiger partial charge in [0.25, 0.3) is 0 Å². The molecule has 1 aromatic rings. The summed E-state index contributed by atoms with van der Waals surface area (Å²) in [4.78, 5) is 9.66. The van der Waals surface area contributed by atoms with Gasteiger partial charge in [-0.2, -0.15) is 0 Å². The zero-order chi connectivity index (χ0) is 10.8. The molecule has 0 bridgehead atoms. The van der Waals surface area contributed by atoms with Gasteiger partial charge in [0.2, 0.25) is 5.95 Å². The van der Waals surface area contributed by atoms with Gasteiger partial charge in [-0.25, -0.2) is 14.4 Å². The van der Waals surface area contributed by atoms with Crippen molar-refractivity contribution in [1.82, 2.24) is 9.97 Å². The Kier molecular flexibility index (Phi) is 2.81. The number of aliphatic hydroxyl groups excluding tert-OH is 1. The van der Waals surface area contributed by atoms with E-state index in [1.165, 1.54) is 0 Å². The lowest BCUT2D eigenvalue weighted by Crippen LogP contribution is -2.43. The van der Waals surface area contributed by atoms with Gasteiger partial charge in [0, 0.05) is 13.1 Å². The van der Waals surface area contributed by atoms with Crippen molar-refractivity contribution in [2.24, 2.45) is 5.92 Å². The number of nitrogens with zero attached hydrogens (tertiary/aromatic N) is 3. The van der Waals surface area contributed by atoms with E-state index in [0.717, 1.165) is 25.4 Å². The molecule has 0 saturated carbocycles. The molecule has 0 spiro atoms. The second-order valence-electron chi connectivity index (χ2n) is 3.98. The third-order valence-electron chi connectivity index (χ3n) is 2.81. The number of rotatable bonds is 1. The number of halogens is 1. The molecule has 1 aliphatic heterocycles. The Morgan fingerprint density at radius 1 is 1.47 bits per heavy atom. The van der Waals surface area contributed by atoms with Crippen LogP contribution in [-0.2, 0) is 0 Å². The smallest absolute Gasteiger partial charge is 0.225 e. The SMILES string of the molecule is CC1CCN(c2ncc(F)cn2)CC1O. The summed E-state index contributed by atoms with van der Waals surface area (Å²) in [6.45, 7) is 3.35. The maximum Gasteiger partial charge on any atom is 0.225 e. The zero-order valence-corrected chi connectivity index (χ0v) is 8.60. The summed E-state index contributed by atoms with van der Waals surface area (Å²) in [5, 5.41) is 9.69. The highest BCUT2D eigenvalue weighted by Crippen LogP contribution is 2.20. The van der Waals surface area contributed by atoms with Gasteiger partial charge in [0.1, 0.15) is 0 Å². The van der Waals surface area contributed by atoms with Gasteiger partial charge in [-0.1, -0.05) is 6.92 Å². The van der Waals surface area contributed by atoms with Crippen molar-refractivity contribution < 1.29 is 9.50 Å². The Morgan fingerprint density at radius 2 is 2.13 bits per heavy atom. The largest absolute Gasteiger partial charge is 0.391 e. The van der Waals surface area contributed by atoms with E-state index in [1.54, 1.807) is 0 Å². The molecule has 2 rings (SSSR count). The molecule has 0 radical (unpaired) electrons. The van der Waals surface area contributed by atoms with E-state index in [0.29, 0.717) is 18.4 Å². The molecule has 0 aliphatic carbocycles. The highest BCUT2D eigenvalue weighted by Gasteiger charge is 2.25. The number of aliphatic hydroxyl groups is 1. The van der Waals surface area contributed by atoms with Crippen LogP contribution < -0.4 is 4.90 Å². The highest BCUT2D eigenvalue weighted by atomic mass is 19.1. The van der Waals surface area contributed by atoms with Crippen molar-refractivity contribution in [3.05, 3.63) is 18.2 Å². The Hall–Kier alpha value is -1.23. The summed E-state index contributed by atoms with van der Waals surface area (Å²) >= 11 is 0. The summed E-state index contributed by atoms with van der Waals surface area (Å²) in [7, 11) is 0. The van der Waals surface area contributed by atoms with Crippen molar-refractivity contribution in [3.8, 4) is 0 Å². The number of anilines is 1. The standard InChI is InChI=1S/C10H14FN3O/c1-7-2-3-14(6-9(7)15)10-12-4-8(11)5-13-10/h4-5,7,9,15H,2-3,6H2,1H3. The van der Waals surface area contributed by atoms with Gasteiger partial charge < -0.3 is 10.0 Å². The monoisotopic (exact) mass is 211 g/mol. The predicted molar refractivity (Wildman–Crippen MR) is 54.0 cm³/mol. The molecule has 0 amide bonds. The minimum atomic E-state index is -0.440. The molecule has 2 atom stereocenters. The first kappa shape index (κ1) is 10.3. The highest BCUT2D eigenvalue weighted by molar-refractivity contribution is 5.29. The van der Waals surface area contributed by atoms with Crippen LogP contribution in [0.3, 0.4) is 0 Å². The van der Waals surface area contributed by atoms with E-state index < -0.39 is 5.82 Å². The van der Waals surface area contributed by atoms with Crippen LogP contribution in [0.1, 0.15) is 13.3 Å². The summed E-state index contributed by atoms with van der Waals surface area (Å²) < 4.78 is 12.6. The molecule has 5 heteroatoms. The topological polar surface area (TPSA) is 49.2 Å². The lowest BCUT2D eigenvalue weighted by molar-refractivity contribution is 0.102. The first-order valence-corrected chi connectivity index (χ1v) is 5.07. The molecule has 15 heavy (non-hydrogen) atoms. The molecular weight excluding hydrogens is 197 g/mol. The van der Waals surface area contributed by atoms with E-state index in [1.807, 2.05) is 11.8 Å². The lowest BCUT2D eigenvalue weighted by atomic mass is 9.96. The number of hydrogen-bond donors (Lipinski definition) is 1. The van der Waals surface area contributed by atoms with Crippen LogP contribution in [0.25, 0.3) is 0 Å². The summed E-state index contributed by atoms with van der Waals surface area (Å²) in [5.74, 6) is 0.355. The van der Waals surface area contributed by atoms with Crippen LogP contribution in [0, 0.1) is 11.7 Å². The Bertz CT molecular complexity index is 330. The van der Waals surface area contributed by atoms with Gasteiger partial charge in [-0.05, 0) is 12.3 Å². The fraction of sp³-hybridized carbons (Fsp3) is 0.600. The number of β-amino-alcohol motifs (C(OH)–C–C–N with tert-alkyl or cyclic N) is 1. The van der Waals surface area contributed by atoms with E-state index >= 15 is 0 Å². The third-order valence-corrected chi connectivity index (χ3v) is 2.81. The second-order valence-corrected chi connectivity index (χ2v) is 3.98. The molecule has 82 valence electrons. The number of aromatic nitrogens is 2. The van der Waals surface area contributed by atoms with Crippen molar-refractivity contribution in [2.45, 2.75) is 19.4 Å². The molecule has 1 fully saturated rings. The van der Waals surface area contributed by atoms with E-state index in [2.05, 4.69) is 9.97 Å². The molecule has 1 aliphatic rings. The van der Waals surface area contributed by atoms with Crippen LogP contribution in [0.2, 0.25) is 0 Å². The average Bonchev–Trinajstić information content (AvgIpc) is 2.23. The van der Waals surface area contributed by atoms with Crippen molar-refractivity contribution in [1.29, 1.82) is 0 Å². The van der Waals surface area contributed by atoms with Gasteiger partial charge >= 0.3 is 0 Å². The fourth-order valence-electron chi connectivity index (χ4n) is 1.70. The van der Waals surface area contributed by atoms with Gasteiger partial charge in [0.15, 0.2) is 5.82 Å². The maximum absolute atomic E-state index is 12.6. The molecule has 0 aromatic carbocycles. The number of piperidine rings is 1. The minimum Gasteiger partial charge on any atom is -0.391 e. The lowest BCUT2D eigenvalue weighted by Gasteiger charge is -2.34. The Balaban J connectivity index is 2.08. The van der Waals surface area contributed by atoms with Crippen LogP contribution in [0.4, 0.5) is 10.3 Å². The van der Waals surface area contributed by atoms with Crippen molar-refractivity contribution in [2.75, 3.05) is 18.0 Å². The van der Waals surface area contributed by atoms with Gasteiger partial charge in [0.05, 0.1) is 18.5 Å². The normalized spacial score (nSPS) is 26.7. The zero-order valence-electron chi connectivity index (χ0n) is 8.60. The first-order valence-electron chi connectivity index (χ1n) is 5.07. The van der Waals surface area contributed by atoms with Crippen LogP contribution >= 0.6 is 0 Å². The van der Waals surface area contributed by atoms with Crippen molar-refractivity contribution in [3.63, 3.8) is 0 Å². The Labute approximate surface area is 87.8 Å². The number of hydrogen-bond acceptors (Lipinski definition) is 4. The third kappa shape index (κ3) is 2.23. The minimum absolute atomic E-state index is 0.307. The predicted octanol–water partition coefficient (Wildman–Crippen LogP) is 0.823. The average molecular weight is 211 g/mol. The van der Waals surface area contributed by atoms with E-state index in [4.69, 9.17) is 0 Å².